The zero-order valence-electron chi connectivity index (χ0n) is 13.4. The maximum Gasteiger partial charge on any atom is 0.273 e. The van der Waals surface area contributed by atoms with Crippen LogP contribution in [0.1, 0.15) is 49.5 Å². The standard InChI is InChI=1S/C17H22N4OS/c1-2-5-13-6-3-10-21(11-7-13)17(22)14-12-23-16(20-14)15-18-8-4-9-19-15/h4,8-9,12-13H,2-3,5-7,10-11H2,1H3/t13-/m1/s1. The molecule has 3 heterocycles. The number of hydrogen-bond donors (Lipinski definition) is 0. The first-order valence-electron chi connectivity index (χ1n) is 8.30. The Hall–Kier alpha value is -1.82. The van der Waals surface area contributed by atoms with Crippen molar-refractivity contribution in [3.63, 3.8) is 0 Å². The molecule has 122 valence electrons. The molecule has 1 aliphatic heterocycles. The van der Waals surface area contributed by atoms with Crippen molar-refractivity contribution >= 4 is 17.2 Å². The van der Waals surface area contributed by atoms with E-state index >= 15 is 0 Å². The third-order valence-electron chi connectivity index (χ3n) is 4.31. The summed E-state index contributed by atoms with van der Waals surface area (Å²) >= 11 is 1.43. The molecular weight excluding hydrogens is 308 g/mol. The van der Waals surface area contributed by atoms with E-state index in [2.05, 4.69) is 21.9 Å². The van der Waals surface area contributed by atoms with Gasteiger partial charge in [0.2, 0.25) is 0 Å². The van der Waals surface area contributed by atoms with Crippen LogP contribution in [0.5, 0.6) is 0 Å². The fourth-order valence-electron chi connectivity index (χ4n) is 3.11. The van der Waals surface area contributed by atoms with Crippen molar-refractivity contribution in [2.75, 3.05) is 13.1 Å². The Bertz CT molecular complexity index is 643. The van der Waals surface area contributed by atoms with Gasteiger partial charge in [0.15, 0.2) is 10.8 Å². The number of hydrogen-bond acceptors (Lipinski definition) is 5. The average molecular weight is 330 g/mol. The summed E-state index contributed by atoms with van der Waals surface area (Å²) in [6.07, 6.45) is 9.31. The lowest BCUT2D eigenvalue weighted by molar-refractivity contribution is 0.0755. The average Bonchev–Trinajstić information content (AvgIpc) is 2.96. The minimum Gasteiger partial charge on any atom is -0.337 e. The van der Waals surface area contributed by atoms with E-state index in [1.807, 2.05) is 10.3 Å². The predicted molar refractivity (Wildman–Crippen MR) is 91.3 cm³/mol. The van der Waals surface area contributed by atoms with Crippen LogP contribution in [0.3, 0.4) is 0 Å². The summed E-state index contributed by atoms with van der Waals surface area (Å²) in [5, 5.41) is 2.52. The van der Waals surface area contributed by atoms with Crippen LogP contribution in [0.2, 0.25) is 0 Å². The first-order chi connectivity index (χ1) is 11.3. The lowest BCUT2D eigenvalue weighted by Crippen LogP contribution is -2.32. The van der Waals surface area contributed by atoms with E-state index < -0.39 is 0 Å². The fraction of sp³-hybridized carbons (Fsp3) is 0.529. The molecule has 5 nitrogen and oxygen atoms in total. The molecule has 0 N–H and O–H groups in total. The third kappa shape index (κ3) is 3.93. The molecule has 1 amide bonds. The lowest BCUT2D eigenvalue weighted by Gasteiger charge is -2.19. The minimum absolute atomic E-state index is 0.0422. The number of thiazole rings is 1. The molecule has 0 radical (unpaired) electrons. The zero-order chi connectivity index (χ0) is 16.1. The number of carbonyl (C=O) groups is 1. The maximum atomic E-state index is 12.7. The smallest absolute Gasteiger partial charge is 0.273 e. The van der Waals surface area contributed by atoms with Crippen LogP contribution in [-0.2, 0) is 0 Å². The van der Waals surface area contributed by atoms with Crippen LogP contribution >= 0.6 is 11.3 Å². The van der Waals surface area contributed by atoms with Crippen molar-refractivity contribution in [3.8, 4) is 10.8 Å². The molecule has 1 atom stereocenters. The lowest BCUT2D eigenvalue weighted by atomic mass is 9.96. The highest BCUT2D eigenvalue weighted by Crippen LogP contribution is 2.24. The summed E-state index contributed by atoms with van der Waals surface area (Å²) in [7, 11) is 0. The molecule has 1 saturated heterocycles. The Balaban J connectivity index is 1.68. The summed E-state index contributed by atoms with van der Waals surface area (Å²) in [4.78, 5) is 27.5. The first kappa shape index (κ1) is 16.1. The van der Waals surface area contributed by atoms with Crippen LogP contribution in [0.25, 0.3) is 10.8 Å². The van der Waals surface area contributed by atoms with Gasteiger partial charge in [-0.05, 0) is 31.2 Å². The zero-order valence-corrected chi connectivity index (χ0v) is 14.3. The molecular formula is C17H22N4OS. The van der Waals surface area contributed by atoms with Gasteiger partial charge in [0, 0.05) is 30.9 Å². The highest BCUT2D eigenvalue weighted by atomic mass is 32.1. The second-order valence-corrected chi connectivity index (χ2v) is 6.85. The number of aromatic nitrogens is 3. The van der Waals surface area contributed by atoms with Crippen LogP contribution in [0.15, 0.2) is 23.8 Å². The van der Waals surface area contributed by atoms with Crippen LogP contribution in [-0.4, -0.2) is 38.8 Å². The van der Waals surface area contributed by atoms with Crippen molar-refractivity contribution in [2.24, 2.45) is 5.92 Å². The second-order valence-electron chi connectivity index (χ2n) is 5.99. The van der Waals surface area contributed by atoms with E-state index in [-0.39, 0.29) is 5.91 Å². The van der Waals surface area contributed by atoms with Gasteiger partial charge >= 0.3 is 0 Å². The molecule has 0 saturated carbocycles. The number of amides is 1. The van der Waals surface area contributed by atoms with Gasteiger partial charge in [-0.3, -0.25) is 4.79 Å². The second kappa shape index (κ2) is 7.64. The van der Waals surface area contributed by atoms with E-state index in [0.717, 1.165) is 31.8 Å². The maximum absolute atomic E-state index is 12.7. The third-order valence-corrected chi connectivity index (χ3v) is 5.15. The first-order valence-corrected chi connectivity index (χ1v) is 9.18. The highest BCUT2D eigenvalue weighted by molar-refractivity contribution is 7.13. The molecule has 2 aromatic rings. The van der Waals surface area contributed by atoms with E-state index in [9.17, 15) is 4.79 Å². The van der Waals surface area contributed by atoms with Gasteiger partial charge < -0.3 is 4.90 Å². The molecule has 2 aromatic heterocycles. The van der Waals surface area contributed by atoms with Crippen LogP contribution in [0, 0.1) is 5.92 Å². The molecule has 0 aliphatic carbocycles. The Morgan fingerprint density at radius 2 is 2.13 bits per heavy atom. The summed E-state index contributed by atoms with van der Waals surface area (Å²) in [5.74, 6) is 1.39. The number of rotatable bonds is 4. The van der Waals surface area contributed by atoms with Gasteiger partial charge in [0.25, 0.3) is 5.91 Å². The predicted octanol–water partition coefficient (Wildman–Crippen LogP) is 3.64. The molecule has 6 heteroatoms. The molecule has 1 fully saturated rings. The summed E-state index contributed by atoms with van der Waals surface area (Å²) in [5.41, 5.74) is 0.520. The van der Waals surface area contributed by atoms with Crippen molar-refractivity contribution in [1.82, 2.24) is 19.9 Å². The number of nitrogens with zero attached hydrogens (tertiary/aromatic N) is 4. The van der Waals surface area contributed by atoms with Gasteiger partial charge in [0.05, 0.1) is 0 Å². The Morgan fingerprint density at radius 1 is 1.30 bits per heavy atom. The van der Waals surface area contributed by atoms with Crippen molar-refractivity contribution in [3.05, 3.63) is 29.5 Å². The van der Waals surface area contributed by atoms with Gasteiger partial charge in [-0.25, -0.2) is 15.0 Å². The molecule has 3 rings (SSSR count). The Morgan fingerprint density at radius 3 is 2.91 bits per heavy atom. The largest absolute Gasteiger partial charge is 0.337 e. The summed E-state index contributed by atoms with van der Waals surface area (Å²) in [6.45, 7) is 3.92. The quantitative estimate of drug-likeness (QED) is 0.858. The number of carbonyl (C=O) groups excluding carboxylic acids is 1. The molecule has 0 spiro atoms. The molecule has 0 unspecified atom stereocenters. The Labute approximate surface area is 140 Å². The van der Waals surface area contributed by atoms with E-state index in [1.54, 1.807) is 18.5 Å². The minimum atomic E-state index is 0.0422. The van der Waals surface area contributed by atoms with Crippen molar-refractivity contribution in [2.45, 2.75) is 39.0 Å². The van der Waals surface area contributed by atoms with E-state index in [4.69, 9.17) is 0 Å². The van der Waals surface area contributed by atoms with Crippen LogP contribution in [0.4, 0.5) is 0 Å². The van der Waals surface area contributed by atoms with Crippen LogP contribution < -0.4 is 0 Å². The van der Waals surface area contributed by atoms with E-state index in [1.165, 1.54) is 30.6 Å². The number of likely N-dealkylation sites (tertiary alicyclic amines) is 1. The SMILES string of the molecule is CCC[C@@H]1CCCN(C(=O)c2csc(-c3ncccn3)n2)CC1. The normalized spacial score (nSPS) is 18.7. The molecule has 23 heavy (non-hydrogen) atoms. The van der Waals surface area contributed by atoms with Gasteiger partial charge in [0.1, 0.15) is 5.69 Å². The van der Waals surface area contributed by atoms with Crippen molar-refractivity contribution < 1.29 is 4.79 Å². The molecule has 0 bridgehead atoms. The van der Waals surface area contributed by atoms with E-state index in [0.29, 0.717) is 16.5 Å². The summed E-state index contributed by atoms with van der Waals surface area (Å²) < 4.78 is 0. The van der Waals surface area contributed by atoms with Crippen molar-refractivity contribution in [1.29, 1.82) is 0 Å². The monoisotopic (exact) mass is 330 g/mol. The highest BCUT2D eigenvalue weighted by Gasteiger charge is 2.23. The topological polar surface area (TPSA) is 59.0 Å². The fourth-order valence-corrected chi connectivity index (χ4v) is 3.85. The van der Waals surface area contributed by atoms with Gasteiger partial charge in [-0.2, -0.15) is 0 Å². The molecule has 0 aromatic carbocycles. The Kier molecular flexibility index (Phi) is 5.33. The van der Waals surface area contributed by atoms with Gasteiger partial charge in [-0.1, -0.05) is 19.8 Å². The molecule has 1 aliphatic rings. The summed E-state index contributed by atoms with van der Waals surface area (Å²) in [6, 6.07) is 1.77. The van der Waals surface area contributed by atoms with Gasteiger partial charge in [-0.15, -0.1) is 11.3 Å².